The zero-order valence-corrected chi connectivity index (χ0v) is 23.1. The van der Waals surface area contributed by atoms with Gasteiger partial charge in [0.15, 0.2) is 4.87 Å². The van der Waals surface area contributed by atoms with Gasteiger partial charge in [0.05, 0.1) is 0 Å². The van der Waals surface area contributed by atoms with Crippen LogP contribution in [0.15, 0.2) is 24.3 Å². The van der Waals surface area contributed by atoms with E-state index in [9.17, 15) is 19.8 Å². The molecule has 0 saturated carbocycles. The van der Waals surface area contributed by atoms with E-state index >= 15 is 0 Å². The first-order valence-electron chi connectivity index (χ1n) is 14.2. The zero-order chi connectivity index (χ0) is 26.1. The number of amides is 1. The van der Waals surface area contributed by atoms with Crippen molar-refractivity contribution >= 4 is 23.6 Å². The van der Waals surface area contributed by atoms with Crippen LogP contribution >= 0.6 is 11.8 Å². The fraction of sp³-hybridized carbons (Fsp3) is 0.724. The predicted octanol–water partition coefficient (Wildman–Crippen LogP) is 6.71. The Bertz CT molecular complexity index is 775. The Labute approximate surface area is 222 Å². The van der Waals surface area contributed by atoms with Crippen molar-refractivity contribution in [3.63, 3.8) is 0 Å². The second-order valence-corrected chi connectivity index (χ2v) is 11.4. The molecule has 7 heteroatoms. The van der Waals surface area contributed by atoms with Crippen molar-refractivity contribution in [2.75, 3.05) is 12.3 Å². The molecule has 1 aliphatic rings. The zero-order valence-electron chi connectivity index (χ0n) is 22.2. The Kier molecular flexibility index (Phi) is 15.0. The van der Waals surface area contributed by atoms with Gasteiger partial charge in [-0.1, -0.05) is 115 Å². The number of carbonyl (C=O) groups excluding carboxylic acids is 1. The third kappa shape index (κ3) is 10.7. The summed E-state index contributed by atoms with van der Waals surface area (Å²) in [7, 11) is 0. The maximum atomic E-state index is 13.1. The number of thioether (sulfide) groups is 1. The van der Waals surface area contributed by atoms with Gasteiger partial charge >= 0.3 is 5.97 Å². The Balaban J connectivity index is 1.54. The largest absolute Gasteiger partial charge is 0.508 e. The molecule has 4 N–H and O–H groups in total. The molecule has 204 valence electrons. The fourth-order valence-electron chi connectivity index (χ4n) is 4.82. The quantitative estimate of drug-likeness (QED) is 0.143. The molecule has 1 amide bonds. The predicted molar refractivity (Wildman–Crippen MR) is 149 cm³/mol. The molecular formula is C29H48N2O4S. The summed E-state index contributed by atoms with van der Waals surface area (Å²) in [5.41, 5.74) is 0.570. The van der Waals surface area contributed by atoms with Gasteiger partial charge in [0.1, 0.15) is 11.8 Å². The monoisotopic (exact) mass is 520 g/mol. The first-order valence-corrected chi connectivity index (χ1v) is 15.2. The maximum Gasteiger partial charge on any atom is 0.321 e. The molecule has 1 aromatic carbocycles. The molecule has 1 aliphatic heterocycles. The lowest BCUT2D eigenvalue weighted by Crippen LogP contribution is -2.52. The highest BCUT2D eigenvalue weighted by Gasteiger charge is 2.49. The van der Waals surface area contributed by atoms with Gasteiger partial charge in [0.2, 0.25) is 0 Å². The molecular weight excluding hydrogens is 472 g/mol. The summed E-state index contributed by atoms with van der Waals surface area (Å²) in [5.74, 6) is -0.881. The molecule has 6 nitrogen and oxygen atoms in total. The van der Waals surface area contributed by atoms with E-state index in [1.54, 1.807) is 18.2 Å². The van der Waals surface area contributed by atoms with E-state index in [2.05, 4.69) is 17.6 Å². The molecule has 0 aromatic heterocycles. The average molecular weight is 521 g/mol. The minimum Gasteiger partial charge on any atom is -0.508 e. The first kappa shape index (κ1) is 30.5. The molecule has 0 radical (unpaired) electrons. The molecule has 0 spiro atoms. The van der Waals surface area contributed by atoms with Crippen molar-refractivity contribution < 1.29 is 19.8 Å². The van der Waals surface area contributed by atoms with Crippen LogP contribution in [0, 0.1) is 0 Å². The average Bonchev–Trinajstić information content (AvgIpc) is 3.33. The van der Waals surface area contributed by atoms with Crippen molar-refractivity contribution in [3.8, 4) is 5.75 Å². The molecule has 2 rings (SSSR count). The second kappa shape index (κ2) is 17.7. The summed E-state index contributed by atoms with van der Waals surface area (Å²) in [6, 6.07) is 5.68. The molecule has 1 aromatic rings. The summed E-state index contributed by atoms with van der Waals surface area (Å²) in [5, 5.41) is 25.3. The lowest BCUT2D eigenvalue weighted by atomic mass is 10.0. The van der Waals surface area contributed by atoms with Crippen molar-refractivity contribution in [1.29, 1.82) is 0 Å². The van der Waals surface area contributed by atoms with Crippen molar-refractivity contribution in [2.45, 2.75) is 121 Å². The Morgan fingerprint density at radius 2 is 1.44 bits per heavy atom. The van der Waals surface area contributed by atoms with Gasteiger partial charge in [-0.3, -0.25) is 14.9 Å². The second-order valence-electron chi connectivity index (χ2n) is 10.1. The van der Waals surface area contributed by atoms with E-state index < -0.39 is 16.9 Å². The number of carboxylic acids is 1. The smallest absolute Gasteiger partial charge is 0.321 e. The van der Waals surface area contributed by atoms with Crippen LogP contribution in [0.25, 0.3) is 0 Å². The van der Waals surface area contributed by atoms with Gasteiger partial charge in [-0.05, 0) is 24.1 Å². The van der Waals surface area contributed by atoms with Crippen LogP contribution < -0.4 is 10.6 Å². The highest BCUT2D eigenvalue weighted by Crippen LogP contribution is 2.41. The summed E-state index contributed by atoms with van der Waals surface area (Å²) in [4.78, 5) is 23.4. The highest BCUT2D eigenvalue weighted by atomic mass is 32.2. The van der Waals surface area contributed by atoms with Gasteiger partial charge in [-0.25, -0.2) is 0 Å². The van der Waals surface area contributed by atoms with Crippen LogP contribution in [0.1, 0.15) is 115 Å². The number of rotatable bonds is 20. The number of unbranched alkanes of at least 4 members (excludes halogenated alkanes) is 15. The Morgan fingerprint density at radius 3 is 1.92 bits per heavy atom. The number of hydrogen-bond donors (Lipinski definition) is 4. The number of benzene rings is 1. The highest BCUT2D eigenvalue weighted by molar-refractivity contribution is 8.01. The molecule has 1 fully saturated rings. The van der Waals surface area contributed by atoms with E-state index in [4.69, 9.17) is 0 Å². The standard InChI is InChI=1S/C29H48N2O4S/c1-2-3-4-5-6-7-8-9-10-11-12-13-14-15-16-17-21-30-28(35)29(24-19-18-20-25(32)22-24)31-26(23-36-29)27(33)34/h18-20,22,26,31-32H,2-17,21,23H2,1H3,(H,30,35)(H,33,34). The molecule has 0 aliphatic carbocycles. The molecule has 36 heavy (non-hydrogen) atoms. The van der Waals surface area contributed by atoms with Gasteiger partial charge in [0, 0.05) is 12.3 Å². The lowest BCUT2D eigenvalue weighted by molar-refractivity contribution is -0.139. The number of carboxylic acid groups (broad SMARTS) is 1. The van der Waals surface area contributed by atoms with Crippen LogP contribution in [-0.2, 0) is 14.5 Å². The number of aliphatic carboxylic acids is 1. The minimum atomic E-state index is -1.20. The molecule has 2 atom stereocenters. The Morgan fingerprint density at radius 1 is 0.917 bits per heavy atom. The number of nitrogens with one attached hydrogen (secondary N) is 2. The van der Waals surface area contributed by atoms with Crippen LogP contribution in [0.5, 0.6) is 5.75 Å². The number of carbonyl (C=O) groups is 2. The van der Waals surface area contributed by atoms with E-state index in [0.29, 0.717) is 12.1 Å². The first-order chi connectivity index (χ1) is 17.5. The number of aromatic hydroxyl groups is 1. The van der Waals surface area contributed by atoms with Crippen LogP contribution in [0.3, 0.4) is 0 Å². The number of phenols is 1. The molecule has 0 bridgehead atoms. The van der Waals surface area contributed by atoms with E-state index in [1.807, 2.05) is 0 Å². The third-order valence-electron chi connectivity index (χ3n) is 7.03. The minimum absolute atomic E-state index is 0.0543. The van der Waals surface area contributed by atoms with Gasteiger partial charge in [-0.15, -0.1) is 11.8 Å². The van der Waals surface area contributed by atoms with Crippen molar-refractivity contribution in [1.82, 2.24) is 10.6 Å². The molecule has 2 unspecified atom stereocenters. The maximum absolute atomic E-state index is 13.1. The van der Waals surface area contributed by atoms with Crippen LogP contribution in [0.4, 0.5) is 0 Å². The summed E-state index contributed by atoms with van der Waals surface area (Å²) < 4.78 is 0. The fourth-order valence-corrected chi connectivity index (χ4v) is 6.19. The summed E-state index contributed by atoms with van der Waals surface area (Å²) in [6.07, 6.45) is 20.9. The third-order valence-corrected chi connectivity index (χ3v) is 8.50. The summed E-state index contributed by atoms with van der Waals surface area (Å²) >= 11 is 1.27. The van der Waals surface area contributed by atoms with Crippen molar-refractivity contribution in [2.24, 2.45) is 0 Å². The van der Waals surface area contributed by atoms with Crippen LogP contribution in [0.2, 0.25) is 0 Å². The number of hydrogen-bond acceptors (Lipinski definition) is 5. The Hall–Kier alpha value is -1.73. The van der Waals surface area contributed by atoms with Crippen molar-refractivity contribution in [3.05, 3.63) is 29.8 Å². The molecule has 1 heterocycles. The van der Waals surface area contributed by atoms with Gasteiger partial charge in [-0.2, -0.15) is 0 Å². The van der Waals surface area contributed by atoms with E-state index in [-0.39, 0.29) is 17.4 Å². The summed E-state index contributed by atoms with van der Waals surface area (Å²) in [6.45, 7) is 2.84. The lowest BCUT2D eigenvalue weighted by Gasteiger charge is -2.28. The number of phenolic OH excluding ortho intramolecular Hbond substituents is 1. The topological polar surface area (TPSA) is 98.7 Å². The van der Waals surface area contributed by atoms with Gasteiger partial charge < -0.3 is 15.5 Å². The molecule has 1 saturated heterocycles. The SMILES string of the molecule is CCCCCCCCCCCCCCCCCCNC(=O)C1(c2cccc(O)c2)NC(C(=O)O)CS1. The van der Waals surface area contributed by atoms with E-state index in [1.165, 1.54) is 108 Å². The van der Waals surface area contributed by atoms with E-state index in [0.717, 1.165) is 12.8 Å². The van der Waals surface area contributed by atoms with Crippen LogP contribution in [-0.4, -0.2) is 40.4 Å². The van der Waals surface area contributed by atoms with Gasteiger partial charge in [0.25, 0.3) is 5.91 Å². The normalized spacial score (nSPS) is 19.4.